The Bertz CT molecular complexity index is 990. The molecular weight excluding hydrogens is 343 g/mol. The number of carbonyl (C=O) groups is 1. The van der Waals surface area contributed by atoms with E-state index in [-0.39, 0.29) is 12.6 Å². The van der Waals surface area contributed by atoms with Gasteiger partial charge in [-0.15, -0.1) is 0 Å². The smallest absolute Gasteiger partial charge is 0.227 e. The third-order valence-electron chi connectivity index (χ3n) is 4.94. The van der Waals surface area contributed by atoms with Crippen LogP contribution in [0.2, 0.25) is 0 Å². The van der Waals surface area contributed by atoms with Crippen LogP contribution in [0.3, 0.4) is 0 Å². The average Bonchev–Trinajstić information content (AvgIpc) is 3.44. The van der Waals surface area contributed by atoms with Gasteiger partial charge in [-0.2, -0.15) is 5.10 Å². The zero-order valence-corrected chi connectivity index (χ0v) is 15.7. The maximum atomic E-state index is 12.5. The average molecular weight is 366 g/mol. The van der Waals surface area contributed by atoms with Gasteiger partial charge >= 0.3 is 0 Å². The largest absolute Gasteiger partial charge is 0.339 e. The molecule has 1 amide bonds. The number of aryl methyl sites for hydroxylation is 3. The van der Waals surface area contributed by atoms with Gasteiger partial charge in [0.15, 0.2) is 5.65 Å². The quantitative estimate of drug-likeness (QED) is 0.629. The van der Waals surface area contributed by atoms with Crippen LogP contribution in [0.4, 0.5) is 4.39 Å². The summed E-state index contributed by atoms with van der Waals surface area (Å²) in [5, 5.41) is 4.77. The van der Waals surface area contributed by atoms with Gasteiger partial charge in [0.1, 0.15) is 0 Å². The molecule has 3 aromatic rings. The van der Waals surface area contributed by atoms with Gasteiger partial charge in [0, 0.05) is 35.6 Å². The third-order valence-corrected chi connectivity index (χ3v) is 4.94. The van der Waals surface area contributed by atoms with Crippen molar-refractivity contribution in [3.63, 3.8) is 0 Å². The standard InChI is InChI=1S/C21H23FN4O/c1-14-12-15(2)26-21(23-14)18(13-19(27)25-10-11-25)20(24-26)17-7-5-16(6-8-17)4-3-9-22/h5-8,12H,3-4,9-11,13H2,1-2H3. The molecule has 0 unspecified atom stereocenters. The van der Waals surface area contributed by atoms with E-state index in [1.165, 1.54) is 0 Å². The summed E-state index contributed by atoms with van der Waals surface area (Å²) in [6.07, 6.45) is 1.56. The topological polar surface area (TPSA) is 50.3 Å². The van der Waals surface area contributed by atoms with Gasteiger partial charge in [-0.05, 0) is 38.3 Å². The first-order chi connectivity index (χ1) is 13.1. The van der Waals surface area contributed by atoms with Crippen molar-refractivity contribution in [2.45, 2.75) is 33.1 Å². The van der Waals surface area contributed by atoms with E-state index in [2.05, 4.69) is 4.98 Å². The fourth-order valence-electron chi connectivity index (χ4n) is 3.42. The van der Waals surface area contributed by atoms with Crippen LogP contribution in [-0.2, 0) is 17.6 Å². The molecule has 1 aromatic carbocycles. The monoisotopic (exact) mass is 366 g/mol. The first-order valence-electron chi connectivity index (χ1n) is 9.35. The number of alkyl halides is 1. The van der Waals surface area contributed by atoms with Crippen molar-refractivity contribution < 1.29 is 9.18 Å². The third kappa shape index (κ3) is 3.56. The minimum Gasteiger partial charge on any atom is -0.339 e. The number of carbonyl (C=O) groups excluding carboxylic acids is 1. The summed E-state index contributed by atoms with van der Waals surface area (Å²) < 4.78 is 14.2. The summed E-state index contributed by atoms with van der Waals surface area (Å²) in [5.41, 5.74) is 6.37. The van der Waals surface area contributed by atoms with E-state index in [1.807, 2.05) is 53.6 Å². The zero-order valence-electron chi connectivity index (χ0n) is 15.7. The first kappa shape index (κ1) is 17.6. The summed E-state index contributed by atoms with van der Waals surface area (Å²) >= 11 is 0. The van der Waals surface area contributed by atoms with Crippen LogP contribution in [0.15, 0.2) is 30.3 Å². The van der Waals surface area contributed by atoms with Crippen LogP contribution < -0.4 is 0 Å². The van der Waals surface area contributed by atoms with E-state index < -0.39 is 0 Å². The Morgan fingerprint density at radius 3 is 2.59 bits per heavy atom. The summed E-state index contributed by atoms with van der Waals surface area (Å²) in [7, 11) is 0. The van der Waals surface area contributed by atoms with Gasteiger partial charge < -0.3 is 4.90 Å². The minimum absolute atomic E-state index is 0.117. The molecule has 1 fully saturated rings. The number of amides is 1. The number of halogens is 1. The normalized spacial score (nSPS) is 13.4. The second-order valence-corrected chi connectivity index (χ2v) is 7.15. The van der Waals surface area contributed by atoms with Crippen LogP contribution in [0.5, 0.6) is 0 Å². The molecule has 0 radical (unpaired) electrons. The molecular formula is C21H23FN4O. The van der Waals surface area contributed by atoms with Crippen molar-refractivity contribution >= 4 is 11.6 Å². The fourth-order valence-corrected chi connectivity index (χ4v) is 3.42. The second kappa shape index (κ2) is 7.10. The first-order valence-corrected chi connectivity index (χ1v) is 9.35. The molecule has 1 aliphatic heterocycles. The van der Waals surface area contributed by atoms with E-state index >= 15 is 0 Å². The van der Waals surface area contributed by atoms with Gasteiger partial charge in [-0.1, -0.05) is 24.3 Å². The van der Waals surface area contributed by atoms with Gasteiger partial charge in [0.05, 0.1) is 18.8 Å². The van der Waals surface area contributed by atoms with Crippen LogP contribution in [0.1, 0.15) is 28.9 Å². The van der Waals surface area contributed by atoms with Crippen LogP contribution >= 0.6 is 0 Å². The number of fused-ring (bicyclic) bond motifs is 1. The van der Waals surface area contributed by atoms with E-state index in [4.69, 9.17) is 5.10 Å². The molecule has 6 heteroatoms. The highest BCUT2D eigenvalue weighted by molar-refractivity contribution is 5.86. The highest BCUT2D eigenvalue weighted by Gasteiger charge is 2.27. The van der Waals surface area contributed by atoms with Crippen LogP contribution in [-0.4, -0.2) is 45.2 Å². The summed E-state index contributed by atoms with van der Waals surface area (Å²) in [6.45, 7) is 5.31. The highest BCUT2D eigenvalue weighted by atomic mass is 19.1. The van der Waals surface area contributed by atoms with Crippen molar-refractivity contribution in [1.29, 1.82) is 0 Å². The molecule has 0 bridgehead atoms. The Balaban J connectivity index is 1.78. The van der Waals surface area contributed by atoms with Crippen molar-refractivity contribution in [3.8, 4) is 11.3 Å². The molecule has 0 N–H and O–H groups in total. The van der Waals surface area contributed by atoms with E-state index in [0.29, 0.717) is 12.8 Å². The molecule has 0 saturated carbocycles. The van der Waals surface area contributed by atoms with E-state index in [9.17, 15) is 9.18 Å². The lowest BCUT2D eigenvalue weighted by Gasteiger charge is -2.05. The Kier molecular flexibility index (Phi) is 4.64. The van der Waals surface area contributed by atoms with Crippen molar-refractivity contribution in [2.75, 3.05) is 19.8 Å². The lowest BCUT2D eigenvalue weighted by atomic mass is 10.0. The Labute approximate surface area is 157 Å². The molecule has 0 spiro atoms. The maximum absolute atomic E-state index is 12.5. The van der Waals surface area contributed by atoms with E-state index in [0.717, 1.165) is 58.9 Å². The maximum Gasteiger partial charge on any atom is 0.227 e. The Morgan fingerprint density at radius 1 is 1.19 bits per heavy atom. The molecule has 1 aliphatic rings. The van der Waals surface area contributed by atoms with Gasteiger partial charge in [-0.3, -0.25) is 9.18 Å². The zero-order chi connectivity index (χ0) is 19.0. The molecule has 4 rings (SSSR count). The number of rotatable bonds is 6. The van der Waals surface area contributed by atoms with Crippen molar-refractivity contribution in [3.05, 3.63) is 52.8 Å². The van der Waals surface area contributed by atoms with Crippen molar-refractivity contribution in [2.24, 2.45) is 0 Å². The highest BCUT2D eigenvalue weighted by Crippen LogP contribution is 2.28. The minimum atomic E-state index is -0.304. The summed E-state index contributed by atoms with van der Waals surface area (Å²) in [5.74, 6) is 0.117. The van der Waals surface area contributed by atoms with Gasteiger partial charge in [0.25, 0.3) is 0 Å². The lowest BCUT2D eigenvalue weighted by molar-refractivity contribution is -0.125. The van der Waals surface area contributed by atoms with Gasteiger partial charge in [-0.25, -0.2) is 9.50 Å². The molecule has 5 nitrogen and oxygen atoms in total. The SMILES string of the molecule is Cc1cc(C)n2nc(-c3ccc(CCCF)cc3)c(CC(=O)N3CC3)c2n1. The van der Waals surface area contributed by atoms with Crippen molar-refractivity contribution in [1.82, 2.24) is 19.5 Å². The van der Waals surface area contributed by atoms with Crippen LogP contribution in [0, 0.1) is 13.8 Å². The van der Waals surface area contributed by atoms with E-state index in [1.54, 1.807) is 0 Å². The predicted octanol–water partition coefficient (Wildman–Crippen LogP) is 3.30. The second-order valence-electron chi connectivity index (χ2n) is 7.15. The molecule has 1 saturated heterocycles. The Hall–Kier alpha value is -2.76. The molecule has 3 heterocycles. The molecule has 27 heavy (non-hydrogen) atoms. The number of nitrogens with zero attached hydrogens (tertiary/aromatic N) is 4. The molecule has 0 atom stereocenters. The molecule has 140 valence electrons. The van der Waals surface area contributed by atoms with Gasteiger partial charge in [0.2, 0.25) is 5.91 Å². The number of hydrogen-bond acceptors (Lipinski definition) is 3. The lowest BCUT2D eigenvalue weighted by Crippen LogP contribution is -2.13. The molecule has 0 aliphatic carbocycles. The number of aromatic nitrogens is 3. The Morgan fingerprint density at radius 2 is 1.93 bits per heavy atom. The summed E-state index contributed by atoms with van der Waals surface area (Å²) in [6, 6.07) is 10.0. The fraction of sp³-hybridized carbons (Fsp3) is 0.381. The summed E-state index contributed by atoms with van der Waals surface area (Å²) in [4.78, 5) is 19.0. The number of hydrogen-bond donors (Lipinski definition) is 0. The van der Waals surface area contributed by atoms with Crippen LogP contribution in [0.25, 0.3) is 16.9 Å². The number of benzene rings is 1. The predicted molar refractivity (Wildman–Crippen MR) is 102 cm³/mol. The molecule has 2 aromatic heterocycles.